The first kappa shape index (κ1) is 16.4. The van der Waals surface area contributed by atoms with Crippen LogP contribution < -0.4 is 5.32 Å². The van der Waals surface area contributed by atoms with Gasteiger partial charge in [0.1, 0.15) is 0 Å². The molecular weight excluding hydrogens is 351 g/mol. The summed E-state index contributed by atoms with van der Waals surface area (Å²) in [4.78, 5) is 14.3. The van der Waals surface area contributed by atoms with E-state index in [1.807, 2.05) is 19.1 Å². The van der Waals surface area contributed by atoms with Crippen molar-refractivity contribution >= 4 is 34.2 Å². The van der Waals surface area contributed by atoms with Gasteiger partial charge in [0.15, 0.2) is 0 Å². The second-order valence-corrected chi connectivity index (χ2v) is 6.03. The van der Waals surface area contributed by atoms with Crippen molar-refractivity contribution in [2.45, 2.75) is 33.6 Å². The minimum Gasteiger partial charge on any atom is -0.325 e. The molecular formula is C15H23IN2O. The van der Waals surface area contributed by atoms with E-state index in [0.29, 0.717) is 6.54 Å². The zero-order valence-corrected chi connectivity index (χ0v) is 14.2. The highest BCUT2D eigenvalue weighted by molar-refractivity contribution is 14.1. The number of anilines is 1. The molecule has 0 unspecified atom stereocenters. The quantitative estimate of drug-likeness (QED) is 0.739. The maximum Gasteiger partial charge on any atom is 0.238 e. The van der Waals surface area contributed by atoms with Crippen molar-refractivity contribution < 1.29 is 4.79 Å². The average molecular weight is 374 g/mol. The summed E-state index contributed by atoms with van der Waals surface area (Å²) < 4.78 is 1.19. The zero-order chi connectivity index (χ0) is 14.3. The predicted molar refractivity (Wildman–Crippen MR) is 89.5 cm³/mol. The van der Waals surface area contributed by atoms with E-state index in [9.17, 15) is 4.79 Å². The van der Waals surface area contributed by atoms with Crippen LogP contribution in [0.2, 0.25) is 0 Å². The summed E-state index contributed by atoms with van der Waals surface area (Å²) in [5.74, 6) is 0.0752. The Kier molecular flexibility index (Phi) is 7.38. The van der Waals surface area contributed by atoms with Gasteiger partial charge in [0, 0.05) is 9.26 Å². The first-order chi connectivity index (χ1) is 9.06. The molecule has 1 N–H and O–H groups in total. The molecule has 0 radical (unpaired) electrons. The van der Waals surface area contributed by atoms with E-state index < -0.39 is 0 Å². The molecule has 4 heteroatoms. The van der Waals surface area contributed by atoms with E-state index >= 15 is 0 Å². The monoisotopic (exact) mass is 374 g/mol. The fourth-order valence-corrected chi connectivity index (χ4v) is 2.71. The molecule has 1 amide bonds. The van der Waals surface area contributed by atoms with Gasteiger partial charge in [0.05, 0.1) is 6.54 Å². The van der Waals surface area contributed by atoms with Crippen molar-refractivity contribution in [3.8, 4) is 0 Å². The van der Waals surface area contributed by atoms with Crippen molar-refractivity contribution in [1.82, 2.24) is 4.90 Å². The number of carbonyl (C=O) groups is 1. The highest BCUT2D eigenvalue weighted by Gasteiger charge is 2.10. The third-order valence-corrected chi connectivity index (χ3v) is 3.58. The molecule has 0 spiro atoms. The Morgan fingerprint density at radius 3 is 2.42 bits per heavy atom. The number of nitrogens with zero attached hydrogens (tertiary/aromatic N) is 1. The number of rotatable bonds is 7. The number of benzene rings is 1. The minimum absolute atomic E-state index is 0.0752. The Bertz CT molecular complexity index is 415. The molecule has 0 aliphatic carbocycles. The predicted octanol–water partition coefficient (Wildman–Crippen LogP) is 3.66. The normalized spacial score (nSPS) is 10.8. The van der Waals surface area contributed by atoms with Crippen LogP contribution in [0.15, 0.2) is 18.2 Å². The smallest absolute Gasteiger partial charge is 0.238 e. The number of hydrogen-bond acceptors (Lipinski definition) is 2. The Hall–Kier alpha value is -0.620. The summed E-state index contributed by atoms with van der Waals surface area (Å²) in [7, 11) is 0. The van der Waals surface area contributed by atoms with Gasteiger partial charge in [-0.05, 0) is 79.2 Å². The van der Waals surface area contributed by atoms with Gasteiger partial charge in [-0.25, -0.2) is 0 Å². The van der Waals surface area contributed by atoms with E-state index in [0.717, 1.165) is 37.2 Å². The van der Waals surface area contributed by atoms with Gasteiger partial charge in [-0.1, -0.05) is 13.8 Å². The van der Waals surface area contributed by atoms with Gasteiger partial charge in [0.25, 0.3) is 0 Å². The molecule has 0 atom stereocenters. The highest BCUT2D eigenvalue weighted by atomic mass is 127. The van der Waals surface area contributed by atoms with Crippen LogP contribution in [0.25, 0.3) is 0 Å². The minimum atomic E-state index is 0.0752. The van der Waals surface area contributed by atoms with Crippen LogP contribution >= 0.6 is 22.6 Å². The van der Waals surface area contributed by atoms with Crippen LogP contribution in [0.4, 0.5) is 5.69 Å². The summed E-state index contributed by atoms with van der Waals surface area (Å²) in [5.41, 5.74) is 2.02. The van der Waals surface area contributed by atoms with E-state index in [1.54, 1.807) is 0 Å². The van der Waals surface area contributed by atoms with Crippen LogP contribution in [0.5, 0.6) is 0 Å². The topological polar surface area (TPSA) is 32.3 Å². The van der Waals surface area contributed by atoms with Crippen LogP contribution in [0.3, 0.4) is 0 Å². The third-order valence-electron chi connectivity index (χ3n) is 2.91. The van der Waals surface area contributed by atoms with E-state index in [4.69, 9.17) is 0 Å². The second-order valence-electron chi connectivity index (χ2n) is 4.78. The molecule has 0 bridgehead atoms. The standard InChI is InChI=1S/C15H23IN2O/c1-4-8-18(9-5-2)11-15(19)17-14-7-6-13(16)10-12(14)3/h6-7,10H,4-5,8-9,11H2,1-3H3,(H,17,19). The van der Waals surface area contributed by atoms with Crippen LogP contribution in [0, 0.1) is 10.5 Å². The second kappa shape index (κ2) is 8.53. The molecule has 0 aliphatic heterocycles. The molecule has 0 heterocycles. The number of hydrogen-bond donors (Lipinski definition) is 1. The molecule has 106 valence electrons. The van der Waals surface area contributed by atoms with Crippen LogP contribution in [0.1, 0.15) is 32.3 Å². The Morgan fingerprint density at radius 1 is 1.26 bits per heavy atom. The summed E-state index contributed by atoms with van der Waals surface area (Å²) in [5, 5.41) is 3.00. The molecule has 19 heavy (non-hydrogen) atoms. The largest absolute Gasteiger partial charge is 0.325 e. The fraction of sp³-hybridized carbons (Fsp3) is 0.533. The lowest BCUT2D eigenvalue weighted by Crippen LogP contribution is -2.34. The maximum absolute atomic E-state index is 12.1. The van der Waals surface area contributed by atoms with Gasteiger partial charge < -0.3 is 5.32 Å². The van der Waals surface area contributed by atoms with E-state index in [-0.39, 0.29) is 5.91 Å². The van der Waals surface area contributed by atoms with Gasteiger partial charge in [-0.2, -0.15) is 0 Å². The molecule has 1 rings (SSSR count). The highest BCUT2D eigenvalue weighted by Crippen LogP contribution is 2.17. The van der Waals surface area contributed by atoms with E-state index in [2.05, 4.69) is 52.7 Å². The van der Waals surface area contributed by atoms with Crippen molar-refractivity contribution in [3.63, 3.8) is 0 Å². The maximum atomic E-state index is 12.1. The number of aryl methyl sites for hydroxylation is 1. The summed E-state index contributed by atoms with van der Waals surface area (Å²) in [6.07, 6.45) is 2.16. The average Bonchev–Trinajstić information content (AvgIpc) is 2.33. The molecule has 0 aromatic heterocycles. The third kappa shape index (κ3) is 5.91. The molecule has 0 saturated heterocycles. The number of nitrogens with one attached hydrogen (secondary N) is 1. The number of amides is 1. The first-order valence-electron chi connectivity index (χ1n) is 6.85. The lowest BCUT2D eigenvalue weighted by atomic mass is 10.2. The number of carbonyl (C=O) groups excluding carboxylic acids is 1. The SMILES string of the molecule is CCCN(CCC)CC(=O)Nc1ccc(I)cc1C. The molecule has 1 aromatic rings. The molecule has 1 aromatic carbocycles. The van der Waals surface area contributed by atoms with Gasteiger partial charge >= 0.3 is 0 Å². The fourth-order valence-electron chi connectivity index (χ4n) is 2.06. The number of halogens is 1. The summed E-state index contributed by atoms with van der Waals surface area (Å²) in [6, 6.07) is 6.06. The van der Waals surface area contributed by atoms with Crippen molar-refractivity contribution in [2.24, 2.45) is 0 Å². The lowest BCUT2D eigenvalue weighted by molar-refractivity contribution is -0.117. The Labute approximate surface area is 129 Å². The van der Waals surface area contributed by atoms with Gasteiger partial charge in [0.2, 0.25) is 5.91 Å². The Balaban J connectivity index is 2.58. The molecule has 3 nitrogen and oxygen atoms in total. The molecule has 0 aliphatic rings. The van der Waals surface area contributed by atoms with Crippen LogP contribution in [-0.2, 0) is 4.79 Å². The van der Waals surface area contributed by atoms with Crippen LogP contribution in [-0.4, -0.2) is 30.4 Å². The van der Waals surface area contributed by atoms with Crippen molar-refractivity contribution in [2.75, 3.05) is 25.0 Å². The summed E-state index contributed by atoms with van der Waals surface area (Å²) >= 11 is 2.28. The zero-order valence-electron chi connectivity index (χ0n) is 12.0. The molecule has 0 fully saturated rings. The van der Waals surface area contributed by atoms with Gasteiger partial charge in [-0.3, -0.25) is 9.69 Å². The van der Waals surface area contributed by atoms with E-state index in [1.165, 1.54) is 3.57 Å². The lowest BCUT2D eigenvalue weighted by Gasteiger charge is -2.20. The first-order valence-corrected chi connectivity index (χ1v) is 7.93. The molecule has 0 saturated carbocycles. The van der Waals surface area contributed by atoms with Crippen molar-refractivity contribution in [1.29, 1.82) is 0 Å². The van der Waals surface area contributed by atoms with Gasteiger partial charge in [-0.15, -0.1) is 0 Å². The Morgan fingerprint density at radius 2 is 1.89 bits per heavy atom. The van der Waals surface area contributed by atoms with Crippen molar-refractivity contribution in [3.05, 3.63) is 27.3 Å². The summed E-state index contributed by atoms with van der Waals surface area (Å²) in [6.45, 7) is 8.74.